The van der Waals surface area contributed by atoms with Crippen LogP contribution in [0.1, 0.15) is 30.3 Å². The monoisotopic (exact) mass is 373 g/mol. The van der Waals surface area contributed by atoms with Crippen LogP contribution in [0.15, 0.2) is 24.5 Å². The number of fused-ring (bicyclic) bond motifs is 1. The zero-order valence-corrected chi connectivity index (χ0v) is 14.6. The lowest BCUT2D eigenvalue weighted by molar-refractivity contribution is 0.382. The zero-order chi connectivity index (χ0) is 17.3. The van der Waals surface area contributed by atoms with Crippen LogP contribution in [0.3, 0.4) is 0 Å². The average Bonchev–Trinajstić information content (AvgIpc) is 3.00. The molecule has 10 heteroatoms. The molecule has 1 aromatic heterocycles. The molecule has 3 rings (SSSR count). The maximum Gasteiger partial charge on any atom is 0.280 e. The summed E-state index contributed by atoms with van der Waals surface area (Å²) in [5.41, 5.74) is 0.138. The van der Waals surface area contributed by atoms with Crippen molar-refractivity contribution in [3.8, 4) is 0 Å². The fourth-order valence-corrected chi connectivity index (χ4v) is 3.95. The molecule has 1 N–H and O–H groups in total. The molecule has 1 aliphatic heterocycles. The highest BCUT2D eigenvalue weighted by Crippen LogP contribution is 2.25. The van der Waals surface area contributed by atoms with Crippen LogP contribution in [0.4, 0.5) is 4.39 Å². The molecule has 7 nitrogen and oxygen atoms in total. The van der Waals surface area contributed by atoms with E-state index in [2.05, 4.69) is 14.8 Å². The maximum absolute atomic E-state index is 13.9. The van der Waals surface area contributed by atoms with Gasteiger partial charge in [0.1, 0.15) is 18.0 Å². The van der Waals surface area contributed by atoms with Gasteiger partial charge in [0.2, 0.25) is 0 Å². The van der Waals surface area contributed by atoms with E-state index in [0.29, 0.717) is 18.8 Å². The lowest BCUT2D eigenvalue weighted by Gasteiger charge is -2.26. The normalized spacial score (nSPS) is 17.9. The largest absolute Gasteiger partial charge is 0.280 e. The second-order valence-electron chi connectivity index (χ2n) is 5.62. The molecule has 0 saturated carbocycles. The number of rotatable bonds is 5. The van der Waals surface area contributed by atoms with Crippen LogP contribution in [-0.4, -0.2) is 34.5 Å². The fraction of sp³-hybridized carbons (Fsp3) is 0.429. The van der Waals surface area contributed by atoms with Gasteiger partial charge in [-0.1, -0.05) is 17.7 Å². The summed E-state index contributed by atoms with van der Waals surface area (Å²) in [5.74, 6) is 0.0455. The van der Waals surface area contributed by atoms with Crippen molar-refractivity contribution in [2.75, 3.05) is 7.05 Å². The number of hydrogen-bond acceptors (Lipinski definition) is 4. The van der Waals surface area contributed by atoms with E-state index < -0.39 is 22.1 Å². The second-order valence-corrected chi connectivity index (χ2v) is 7.83. The number of benzene rings is 1. The highest BCUT2D eigenvalue weighted by molar-refractivity contribution is 7.87. The summed E-state index contributed by atoms with van der Waals surface area (Å²) < 4.78 is 44.3. The van der Waals surface area contributed by atoms with E-state index in [9.17, 15) is 12.8 Å². The summed E-state index contributed by atoms with van der Waals surface area (Å²) in [6, 6.07) is 3.80. The topological polar surface area (TPSA) is 80.1 Å². The van der Waals surface area contributed by atoms with E-state index in [0.717, 1.165) is 10.7 Å². The molecule has 0 fully saturated rings. The standard InChI is InChI=1S/C14H17ClFN5O2S/c1-20(8-10-11(15)4-2-5-12(10)16)24(22,23)19-13-6-3-7-21-14(13)17-9-18-21/h2,4-5,9,13,19H,3,6-8H2,1H3. The first-order valence-corrected chi connectivity index (χ1v) is 9.24. The first kappa shape index (κ1) is 17.3. The Morgan fingerprint density at radius 1 is 1.50 bits per heavy atom. The first-order chi connectivity index (χ1) is 11.4. The van der Waals surface area contributed by atoms with Crippen molar-refractivity contribution in [2.45, 2.75) is 32.0 Å². The minimum atomic E-state index is -3.84. The Bertz CT molecular complexity index is 821. The fourth-order valence-electron chi connectivity index (χ4n) is 2.66. The van der Waals surface area contributed by atoms with Crippen LogP contribution in [0.2, 0.25) is 5.02 Å². The molecule has 2 heterocycles. The van der Waals surface area contributed by atoms with E-state index in [1.807, 2.05) is 0 Å². The smallest absolute Gasteiger partial charge is 0.248 e. The van der Waals surface area contributed by atoms with Gasteiger partial charge in [-0.05, 0) is 25.0 Å². The molecule has 1 unspecified atom stereocenters. The molecule has 0 amide bonds. The Morgan fingerprint density at radius 2 is 2.29 bits per heavy atom. The molecule has 24 heavy (non-hydrogen) atoms. The minimum absolute atomic E-state index is 0.138. The van der Waals surface area contributed by atoms with Gasteiger partial charge < -0.3 is 0 Å². The van der Waals surface area contributed by atoms with Gasteiger partial charge in [-0.3, -0.25) is 0 Å². The van der Waals surface area contributed by atoms with Gasteiger partial charge in [-0.2, -0.15) is 22.5 Å². The Hall–Kier alpha value is -1.55. The van der Waals surface area contributed by atoms with Crippen molar-refractivity contribution in [2.24, 2.45) is 0 Å². The van der Waals surface area contributed by atoms with Crippen molar-refractivity contribution in [3.05, 3.63) is 46.8 Å². The highest BCUT2D eigenvalue weighted by atomic mass is 35.5. The van der Waals surface area contributed by atoms with Gasteiger partial charge >= 0.3 is 0 Å². The molecule has 1 atom stereocenters. The van der Waals surface area contributed by atoms with Crippen molar-refractivity contribution in [3.63, 3.8) is 0 Å². The third kappa shape index (κ3) is 3.44. The predicted molar refractivity (Wildman–Crippen MR) is 86.9 cm³/mol. The summed E-state index contributed by atoms with van der Waals surface area (Å²) in [6.07, 6.45) is 2.84. The third-order valence-corrected chi connectivity index (χ3v) is 5.85. The van der Waals surface area contributed by atoms with Gasteiger partial charge in [0.25, 0.3) is 10.2 Å². The SMILES string of the molecule is CN(Cc1c(F)cccc1Cl)S(=O)(=O)NC1CCCn2ncnc21. The molecule has 0 radical (unpaired) electrons. The van der Waals surface area contributed by atoms with Gasteiger partial charge in [0, 0.05) is 30.7 Å². The molecule has 0 spiro atoms. The molecular weight excluding hydrogens is 357 g/mol. The van der Waals surface area contributed by atoms with Crippen LogP contribution >= 0.6 is 11.6 Å². The third-order valence-electron chi connectivity index (χ3n) is 3.96. The summed E-state index contributed by atoms with van der Waals surface area (Å²) in [5, 5.41) is 4.25. The second kappa shape index (κ2) is 6.75. The number of aryl methyl sites for hydroxylation is 1. The Morgan fingerprint density at radius 3 is 3.04 bits per heavy atom. The van der Waals surface area contributed by atoms with Crippen LogP contribution in [-0.2, 0) is 23.3 Å². The van der Waals surface area contributed by atoms with E-state index in [4.69, 9.17) is 11.6 Å². The van der Waals surface area contributed by atoms with Crippen molar-refractivity contribution < 1.29 is 12.8 Å². The lowest BCUT2D eigenvalue weighted by Crippen LogP contribution is -2.41. The molecule has 2 aromatic rings. The van der Waals surface area contributed by atoms with Crippen LogP contribution in [0, 0.1) is 5.82 Å². The van der Waals surface area contributed by atoms with Crippen molar-refractivity contribution in [1.29, 1.82) is 0 Å². The summed E-state index contributed by atoms with van der Waals surface area (Å²) in [6.45, 7) is 0.550. The van der Waals surface area contributed by atoms with Crippen molar-refractivity contribution in [1.82, 2.24) is 23.8 Å². The van der Waals surface area contributed by atoms with Crippen LogP contribution in [0.5, 0.6) is 0 Å². The zero-order valence-electron chi connectivity index (χ0n) is 13.0. The molecule has 0 aliphatic carbocycles. The maximum atomic E-state index is 13.9. The van der Waals surface area contributed by atoms with Gasteiger partial charge in [-0.15, -0.1) is 0 Å². The summed E-state index contributed by atoms with van der Waals surface area (Å²) >= 11 is 5.96. The number of halogens is 2. The summed E-state index contributed by atoms with van der Waals surface area (Å²) in [4.78, 5) is 4.12. The quantitative estimate of drug-likeness (QED) is 0.867. The molecular formula is C14H17ClFN5O2S. The van der Waals surface area contributed by atoms with Crippen molar-refractivity contribution >= 4 is 21.8 Å². The Labute approximate surface area is 144 Å². The molecule has 130 valence electrons. The molecule has 0 bridgehead atoms. The van der Waals surface area contributed by atoms with Gasteiger partial charge in [-0.25, -0.2) is 14.1 Å². The van der Waals surface area contributed by atoms with Crippen LogP contribution in [0.25, 0.3) is 0 Å². The summed E-state index contributed by atoms with van der Waals surface area (Å²) in [7, 11) is -2.46. The molecule has 1 aromatic carbocycles. The number of aromatic nitrogens is 3. The minimum Gasteiger partial charge on any atom is -0.248 e. The van der Waals surface area contributed by atoms with Gasteiger partial charge in [0.15, 0.2) is 0 Å². The number of nitrogens with zero attached hydrogens (tertiary/aromatic N) is 4. The van der Waals surface area contributed by atoms with E-state index in [-0.39, 0.29) is 17.1 Å². The Kier molecular flexibility index (Phi) is 4.86. The van der Waals surface area contributed by atoms with E-state index >= 15 is 0 Å². The Balaban J connectivity index is 1.77. The van der Waals surface area contributed by atoms with E-state index in [1.54, 1.807) is 4.68 Å². The van der Waals surface area contributed by atoms with Gasteiger partial charge in [0.05, 0.1) is 6.04 Å². The highest BCUT2D eigenvalue weighted by Gasteiger charge is 2.29. The molecule has 0 saturated heterocycles. The number of hydrogen-bond donors (Lipinski definition) is 1. The number of nitrogens with one attached hydrogen (secondary N) is 1. The lowest BCUT2D eigenvalue weighted by atomic mass is 10.1. The van der Waals surface area contributed by atoms with Crippen LogP contribution < -0.4 is 4.72 Å². The van der Waals surface area contributed by atoms with E-state index in [1.165, 1.54) is 31.6 Å². The average molecular weight is 374 g/mol. The predicted octanol–water partition coefficient (Wildman–Crippen LogP) is 1.87. The molecule has 1 aliphatic rings. The first-order valence-electron chi connectivity index (χ1n) is 7.42.